The summed E-state index contributed by atoms with van der Waals surface area (Å²) in [5.74, 6) is 0.563. The summed E-state index contributed by atoms with van der Waals surface area (Å²) in [6, 6.07) is 4.11. The fourth-order valence-electron chi connectivity index (χ4n) is 1.29. The molecule has 2 aromatic heterocycles. The summed E-state index contributed by atoms with van der Waals surface area (Å²) in [7, 11) is 0. The zero-order valence-electron chi connectivity index (χ0n) is 9.29. The van der Waals surface area contributed by atoms with Crippen LogP contribution in [-0.4, -0.2) is 26.4 Å². The van der Waals surface area contributed by atoms with Gasteiger partial charge in [-0.1, -0.05) is 12.0 Å². The summed E-state index contributed by atoms with van der Waals surface area (Å²) >= 11 is 1.70. The second kappa shape index (κ2) is 4.98. The minimum absolute atomic E-state index is 0.563. The van der Waals surface area contributed by atoms with Gasteiger partial charge in [0.2, 0.25) is 0 Å². The van der Waals surface area contributed by atoms with E-state index in [2.05, 4.69) is 40.4 Å². The van der Waals surface area contributed by atoms with Crippen LogP contribution >= 0.6 is 11.3 Å². The van der Waals surface area contributed by atoms with E-state index in [4.69, 9.17) is 0 Å². The number of aryl methyl sites for hydroxylation is 2. The molecule has 0 aliphatic carbocycles. The van der Waals surface area contributed by atoms with Gasteiger partial charge in [-0.05, 0) is 35.9 Å². The second-order valence-electron chi connectivity index (χ2n) is 3.41. The van der Waals surface area contributed by atoms with E-state index < -0.39 is 0 Å². The van der Waals surface area contributed by atoms with Crippen molar-refractivity contribution in [3.8, 4) is 0 Å². The highest BCUT2D eigenvalue weighted by Crippen LogP contribution is 2.14. The normalized spacial score (nSPS) is 11.4. The summed E-state index contributed by atoms with van der Waals surface area (Å²) in [5, 5.41) is 11.3. The SMILES string of the molecule is CCCn1nnnc1/N=C/c1ccc(C)s1. The van der Waals surface area contributed by atoms with Crippen LogP contribution in [0.5, 0.6) is 0 Å². The quantitative estimate of drug-likeness (QED) is 0.763. The Kier molecular flexibility index (Phi) is 3.40. The van der Waals surface area contributed by atoms with Crippen LogP contribution in [0, 0.1) is 6.92 Å². The molecule has 0 aliphatic heterocycles. The zero-order chi connectivity index (χ0) is 11.4. The molecule has 2 heterocycles. The van der Waals surface area contributed by atoms with Crippen LogP contribution in [0.2, 0.25) is 0 Å². The molecule has 5 nitrogen and oxygen atoms in total. The molecule has 0 fully saturated rings. The highest BCUT2D eigenvalue weighted by Gasteiger charge is 2.01. The average molecular weight is 235 g/mol. The lowest BCUT2D eigenvalue weighted by Crippen LogP contribution is -1.98. The number of rotatable bonds is 4. The van der Waals surface area contributed by atoms with Crippen molar-refractivity contribution in [2.75, 3.05) is 0 Å². The summed E-state index contributed by atoms with van der Waals surface area (Å²) in [6.45, 7) is 4.95. The molecule has 0 spiro atoms. The molecule has 0 bridgehead atoms. The molecule has 0 radical (unpaired) electrons. The first-order valence-electron chi connectivity index (χ1n) is 5.16. The average Bonchev–Trinajstić information content (AvgIpc) is 2.85. The van der Waals surface area contributed by atoms with Crippen LogP contribution in [0.1, 0.15) is 23.1 Å². The lowest BCUT2D eigenvalue weighted by molar-refractivity contribution is 0.582. The van der Waals surface area contributed by atoms with Gasteiger partial charge in [-0.25, -0.2) is 9.67 Å². The molecule has 2 rings (SSSR count). The predicted octanol–water partition coefficient (Wildman–Crippen LogP) is 2.20. The van der Waals surface area contributed by atoms with E-state index in [9.17, 15) is 0 Å². The summed E-state index contributed by atoms with van der Waals surface area (Å²) in [5.41, 5.74) is 0. The minimum Gasteiger partial charge on any atom is -0.217 e. The van der Waals surface area contributed by atoms with Gasteiger partial charge in [0.25, 0.3) is 5.95 Å². The van der Waals surface area contributed by atoms with Gasteiger partial charge in [-0.2, -0.15) is 0 Å². The Morgan fingerprint density at radius 1 is 1.50 bits per heavy atom. The van der Waals surface area contributed by atoms with Crippen molar-refractivity contribution in [3.63, 3.8) is 0 Å². The molecule has 2 aromatic rings. The molecule has 0 aromatic carbocycles. The van der Waals surface area contributed by atoms with Gasteiger partial charge in [-0.3, -0.25) is 0 Å². The number of hydrogen-bond donors (Lipinski definition) is 0. The van der Waals surface area contributed by atoms with Crippen molar-refractivity contribution in [1.29, 1.82) is 0 Å². The standard InChI is InChI=1S/C10H13N5S/c1-3-6-15-10(12-13-14-15)11-7-9-5-4-8(2)16-9/h4-5,7H,3,6H2,1-2H3/b11-7+. The van der Waals surface area contributed by atoms with Crippen molar-refractivity contribution in [3.05, 3.63) is 21.9 Å². The van der Waals surface area contributed by atoms with E-state index in [0.29, 0.717) is 5.95 Å². The Labute approximate surface area is 97.8 Å². The fraction of sp³-hybridized carbons (Fsp3) is 0.400. The summed E-state index contributed by atoms with van der Waals surface area (Å²) in [6.07, 6.45) is 2.79. The summed E-state index contributed by atoms with van der Waals surface area (Å²) in [4.78, 5) is 6.67. The Balaban J connectivity index is 2.13. The summed E-state index contributed by atoms with van der Waals surface area (Å²) < 4.78 is 1.71. The first-order valence-corrected chi connectivity index (χ1v) is 5.98. The van der Waals surface area contributed by atoms with Gasteiger partial charge >= 0.3 is 0 Å². The van der Waals surface area contributed by atoms with Gasteiger partial charge in [0.05, 0.1) is 0 Å². The minimum atomic E-state index is 0.563. The van der Waals surface area contributed by atoms with E-state index in [-0.39, 0.29) is 0 Å². The molecule has 0 saturated carbocycles. The Morgan fingerprint density at radius 3 is 3.06 bits per heavy atom. The first kappa shape index (κ1) is 10.9. The van der Waals surface area contributed by atoms with Crippen LogP contribution in [0.15, 0.2) is 17.1 Å². The van der Waals surface area contributed by atoms with Crippen LogP contribution in [0.3, 0.4) is 0 Å². The number of aliphatic imine (C=N–C) groups is 1. The topological polar surface area (TPSA) is 56.0 Å². The number of nitrogens with zero attached hydrogens (tertiary/aromatic N) is 5. The van der Waals surface area contributed by atoms with E-state index >= 15 is 0 Å². The molecule has 0 amide bonds. The Morgan fingerprint density at radius 2 is 2.38 bits per heavy atom. The third-order valence-corrected chi connectivity index (χ3v) is 2.95. The van der Waals surface area contributed by atoms with Gasteiger partial charge in [-0.15, -0.1) is 11.3 Å². The van der Waals surface area contributed by atoms with Crippen molar-refractivity contribution in [1.82, 2.24) is 20.2 Å². The van der Waals surface area contributed by atoms with Crippen molar-refractivity contribution < 1.29 is 0 Å². The molecule has 16 heavy (non-hydrogen) atoms. The van der Waals surface area contributed by atoms with Crippen LogP contribution in [0.4, 0.5) is 5.95 Å². The van der Waals surface area contributed by atoms with E-state index in [1.54, 1.807) is 22.2 Å². The number of hydrogen-bond acceptors (Lipinski definition) is 5. The maximum atomic E-state index is 4.28. The molecule has 0 saturated heterocycles. The third-order valence-electron chi connectivity index (χ3n) is 2.02. The van der Waals surface area contributed by atoms with Gasteiger partial charge in [0.15, 0.2) is 0 Å². The molecular formula is C10H13N5S. The lowest BCUT2D eigenvalue weighted by atomic mass is 10.4. The highest BCUT2D eigenvalue weighted by atomic mass is 32.1. The maximum Gasteiger partial charge on any atom is 0.269 e. The van der Waals surface area contributed by atoms with E-state index in [1.165, 1.54) is 4.88 Å². The van der Waals surface area contributed by atoms with Crippen LogP contribution < -0.4 is 0 Å². The Bertz CT molecular complexity index is 485. The van der Waals surface area contributed by atoms with E-state index in [0.717, 1.165) is 17.8 Å². The molecule has 0 unspecified atom stereocenters. The molecule has 0 N–H and O–H groups in total. The van der Waals surface area contributed by atoms with Crippen molar-refractivity contribution in [2.45, 2.75) is 26.8 Å². The third kappa shape index (κ3) is 2.52. The zero-order valence-corrected chi connectivity index (χ0v) is 10.1. The van der Waals surface area contributed by atoms with Gasteiger partial charge in [0.1, 0.15) is 0 Å². The monoisotopic (exact) mass is 235 g/mol. The lowest BCUT2D eigenvalue weighted by Gasteiger charge is -1.95. The Hall–Kier alpha value is -1.56. The van der Waals surface area contributed by atoms with Gasteiger partial charge in [0, 0.05) is 22.5 Å². The number of thiophene rings is 1. The molecule has 0 atom stereocenters. The number of tetrazole rings is 1. The second-order valence-corrected chi connectivity index (χ2v) is 4.73. The smallest absolute Gasteiger partial charge is 0.217 e. The predicted molar refractivity (Wildman–Crippen MR) is 64.4 cm³/mol. The fourth-order valence-corrected chi connectivity index (χ4v) is 2.04. The molecular weight excluding hydrogens is 222 g/mol. The van der Waals surface area contributed by atoms with Crippen molar-refractivity contribution in [2.24, 2.45) is 4.99 Å². The van der Waals surface area contributed by atoms with Crippen molar-refractivity contribution >= 4 is 23.5 Å². The largest absolute Gasteiger partial charge is 0.269 e. The molecule has 84 valence electrons. The molecule has 0 aliphatic rings. The van der Waals surface area contributed by atoms with Crippen LogP contribution in [-0.2, 0) is 6.54 Å². The maximum absolute atomic E-state index is 4.28. The van der Waals surface area contributed by atoms with Crippen LogP contribution in [0.25, 0.3) is 0 Å². The van der Waals surface area contributed by atoms with Gasteiger partial charge < -0.3 is 0 Å². The molecule has 6 heteroatoms. The first-order chi connectivity index (χ1) is 7.79. The number of aromatic nitrogens is 4. The van der Waals surface area contributed by atoms with E-state index in [1.807, 2.05) is 6.07 Å². The highest BCUT2D eigenvalue weighted by molar-refractivity contribution is 7.13.